The van der Waals surface area contributed by atoms with Gasteiger partial charge in [-0.25, -0.2) is 9.36 Å². The number of carbonyl (C=O) groups excluding carboxylic acids is 1. The van der Waals surface area contributed by atoms with Crippen molar-refractivity contribution in [2.75, 3.05) is 20.6 Å². The van der Waals surface area contributed by atoms with Crippen LogP contribution in [-0.2, 0) is 26.2 Å². The first kappa shape index (κ1) is 34.5. The molecule has 6 rings (SSSR count). The van der Waals surface area contributed by atoms with Gasteiger partial charge in [0.15, 0.2) is 0 Å². The van der Waals surface area contributed by atoms with E-state index in [4.69, 9.17) is 0 Å². The van der Waals surface area contributed by atoms with Gasteiger partial charge in [-0.1, -0.05) is 49.2 Å². The fourth-order valence-electron chi connectivity index (χ4n) is 6.85. The summed E-state index contributed by atoms with van der Waals surface area (Å²) in [5.74, 6) is -0.592. The molecular weight excluding hydrogens is 643 g/mol. The molecule has 0 atom stereocenters. The highest BCUT2D eigenvalue weighted by molar-refractivity contribution is 6.00. The van der Waals surface area contributed by atoms with Crippen LogP contribution in [0.4, 0.5) is 13.2 Å². The van der Waals surface area contributed by atoms with Gasteiger partial charge in [-0.2, -0.15) is 23.5 Å². The molecule has 2 aromatic heterocycles. The average molecular weight is 683 g/mol. The molecule has 1 amide bonds. The first-order chi connectivity index (χ1) is 23.9. The van der Waals surface area contributed by atoms with E-state index in [1.54, 1.807) is 36.1 Å². The standard InChI is InChI=1S/C38H38F3N7O2/c1-45-35(34(36(49)44-30-13-7-8-14-30)37(50)47(45)31-15-9-12-29(23-31)38(39,40)41)33-18-20-43-46(33)32-17-16-27(24-42)22-28(32)19-21-48(2,3)25-26-10-5-4-6-11-26/h4-6,9-12,15-18,20,22-23,30H,7-8,13-14,19,21,25H2,1-3H3/p+1. The van der Waals surface area contributed by atoms with Crippen molar-refractivity contribution in [2.24, 2.45) is 7.05 Å². The summed E-state index contributed by atoms with van der Waals surface area (Å²) in [6, 6.07) is 23.8. The van der Waals surface area contributed by atoms with Crippen LogP contribution in [0.5, 0.6) is 0 Å². The third-order valence-electron chi connectivity index (χ3n) is 9.36. The SMILES string of the molecule is Cn1c(-c2ccnn2-c2ccc(C#N)cc2CC[N+](C)(C)Cc2ccccc2)c(C(=O)NC2CCCC2)c(=O)n1-c1cccc(C(F)(F)F)c1. The predicted molar refractivity (Wildman–Crippen MR) is 184 cm³/mol. The number of nitrogens with zero attached hydrogens (tertiary/aromatic N) is 6. The molecule has 5 aromatic rings. The normalized spacial score (nSPS) is 13.8. The number of nitrogens with one attached hydrogen (secondary N) is 1. The predicted octanol–water partition coefficient (Wildman–Crippen LogP) is 6.41. The molecule has 1 saturated carbocycles. The van der Waals surface area contributed by atoms with Crippen LogP contribution in [0.2, 0.25) is 0 Å². The quantitative estimate of drug-likeness (QED) is 0.172. The average Bonchev–Trinajstić information content (AvgIpc) is 3.83. The maximum atomic E-state index is 14.2. The molecule has 0 radical (unpaired) electrons. The van der Waals surface area contributed by atoms with Crippen molar-refractivity contribution >= 4 is 5.91 Å². The maximum Gasteiger partial charge on any atom is 0.416 e. The topological polar surface area (TPSA) is 97.6 Å². The largest absolute Gasteiger partial charge is 0.416 e. The highest BCUT2D eigenvalue weighted by Crippen LogP contribution is 2.32. The van der Waals surface area contributed by atoms with Gasteiger partial charge in [0.25, 0.3) is 11.5 Å². The zero-order valence-electron chi connectivity index (χ0n) is 28.2. The third kappa shape index (κ3) is 7.14. The van der Waals surface area contributed by atoms with E-state index in [0.717, 1.165) is 61.2 Å². The molecular formula is C38H39F3N7O2+. The lowest BCUT2D eigenvalue weighted by Gasteiger charge is -2.30. The number of alkyl halides is 3. The molecule has 1 N–H and O–H groups in total. The minimum absolute atomic E-state index is 0.0305. The van der Waals surface area contributed by atoms with Crippen molar-refractivity contribution in [1.29, 1.82) is 5.26 Å². The van der Waals surface area contributed by atoms with Gasteiger partial charge in [-0.3, -0.25) is 14.3 Å². The molecule has 1 aliphatic rings. The lowest BCUT2D eigenvalue weighted by Crippen LogP contribution is -2.40. The Labute approximate surface area is 288 Å². The van der Waals surface area contributed by atoms with E-state index in [1.165, 1.54) is 22.4 Å². The van der Waals surface area contributed by atoms with Crippen LogP contribution in [0.25, 0.3) is 22.8 Å². The molecule has 1 aliphatic carbocycles. The summed E-state index contributed by atoms with van der Waals surface area (Å²) in [5, 5.41) is 17.4. The Morgan fingerprint density at radius 1 is 1.02 bits per heavy atom. The molecule has 0 bridgehead atoms. The number of nitriles is 1. The van der Waals surface area contributed by atoms with Gasteiger partial charge in [-0.05, 0) is 60.9 Å². The second-order valence-electron chi connectivity index (χ2n) is 13.5. The molecule has 0 saturated heterocycles. The molecule has 0 spiro atoms. The molecule has 3 aromatic carbocycles. The van der Waals surface area contributed by atoms with Gasteiger partial charge >= 0.3 is 6.18 Å². The second kappa shape index (κ2) is 13.8. The van der Waals surface area contributed by atoms with E-state index in [0.29, 0.717) is 27.8 Å². The number of carbonyl (C=O) groups is 1. The van der Waals surface area contributed by atoms with Crippen molar-refractivity contribution in [3.8, 4) is 28.8 Å². The first-order valence-corrected chi connectivity index (χ1v) is 16.6. The van der Waals surface area contributed by atoms with E-state index >= 15 is 0 Å². The lowest BCUT2D eigenvalue weighted by atomic mass is 10.0. The van der Waals surface area contributed by atoms with Crippen LogP contribution >= 0.6 is 0 Å². The van der Waals surface area contributed by atoms with E-state index in [1.807, 2.05) is 24.3 Å². The number of halogens is 3. The van der Waals surface area contributed by atoms with Gasteiger partial charge in [0, 0.05) is 25.1 Å². The van der Waals surface area contributed by atoms with Crippen molar-refractivity contribution in [1.82, 2.24) is 24.5 Å². The van der Waals surface area contributed by atoms with Crippen LogP contribution in [0.1, 0.15) is 58.3 Å². The summed E-state index contributed by atoms with van der Waals surface area (Å²) in [6.07, 6.45) is 0.977. The summed E-state index contributed by atoms with van der Waals surface area (Å²) < 4.78 is 46.0. The molecule has 2 heterocycles. The highest BCUT2D eigenvalue weighted by atomic mass is 19.4. The molecule has 0 aliphatic heterocycles. The van der Waals surface area contributed by atoms with Crippen molar-refractivity contribution in [3.63, 3.8) is 0 Å². The number of quaternary nitrogens is 1. The summed E-state index contributed by atoms with van der Waals surface area (Å²) in [4.78, 5) is 28.1. The van der Waals surface area contributed by atoms with Gasteiger partial charge in [0.05, 0.1) is 61.1 Å². The molecule has 1 fully saturated rings. The smallest absolute Gasteiger partial charge is 0.349 e. The molecule has 9 nitrogen and oxygen atoms in total. The maximum absolute atomic E-state index is 14.2. The minimum atomic E-state index is -4.63. The van der Waals surface area contributed by atoms with Gasteiger partial charge in [-0.15, -0.1) is 0 Å². The fraction of sp³-hybridized carbons (Fsp3) is 0.316. The molecule has 50 heavy (non-hydrogen) atoms. The Hall–Kier alpha value is -5.41. The number of aromatic nitrogens is 4. The Kier molecular flexibility index (Phi) is 9.54. The Balaban J connectivity index is 1.46. The van der Waals surface area contributed by atoms with Crippen molar-refractivity contribution in [2.45, 2.75) is 50.9 Å². The van der Waals surface area contributed by atoms with Crippen LogP contribution in [-0.4, -0.2) is 56.2 Å². The first-order valence-electron chi connectivity index (χ1n) is 16.6. The van der Waals surface area contributed by atoms with E-state index in [-0.39, 0.29) is 23.0 Å². The molecule has 12 heteroatoms. The minimum Gasteiger partial charge on any atom is -0.349 e. The van der Waals surface area contributed by atoms with Crippen molar-refractivity contribution < 1.29 is 22.4 Å². The lowest BCUT2D eigenvalue weighted by molar-refractivity contribution is -0.903. The van der Waals surface area contributed by atoms with E-state index in [9.17, 15) is 28.0 Å². The molecule has 258 valence electrons. The Morgan fingerprint density at radius 3 is 2.46 bits per heavy atom. The van der Waals surface area contributed by atoms with Gasteiger partial charge in [0.2, 0.25) is 0 Å². The van der Waals surface area contributed by atoms with Crippen LogP contribution in [0.15, 0.2) is 89.9 Å². The van der Waals surface area contributed by atoms with Gasteiger partial charge in [0.1, 0.15) is 17.8 Å². The number of rotatable bonds is 10. The Bertz CT molecular complexity index is 2110. The number of hydrogen-bond donors (Lipinski definition) is 1. The number of amides is 1. The van der Waals surface area contributed by atoms with Crippen LogP contribution in [0.3, 0.4) is 0 Å². The van der Waals surface area contributed by atoms with E-state index in [2.05, 4.69) is 42.7 Å². The number of benzene rings is 3. The highest BCUT2D eigenvalue weighted by Gasteiger charge is 2.33. The fourth-order valence-corrected chi connectivity index (χ4v) is 6.85. The third-order valence-corrected chi connectivity index (χ3v) is 9.36. The number of likely N-dealkylation sites (N-methyl/N-ethyl adjacent to an activating group) is 1. The van der Waals surface area contributed by atoms with Crippen LogP contribution in [0, 0.1) is 11.3 Å². The summed E-state index contributed by atoms with van der Waals surface area (Å²) in [5.41, 5.74) is 1.90. The number of hydrogen-bond acceptors (Lipinski definition) is 4. The van der Waals surface area contributed by atoms with Gasteiger partial charge < -0.3 is 9.80 Å². The van der Waals surface area contributed by atoms with Crippen molar-refractivity contribution in [3.05, 3.63) is 123 Å². The van der Waals surface area contributed by atoms with Crippen LogP contribution < -0.4 is 10.9 Å². The Morgan fingerprint density at radius 2 is 1.76 bits per heavy atom. The zero-order chi connectivity index (χ0) is 35.6. The second-order valence-corrected chi connectivity index (χ2v) is 13.5. The summed E-state index contributed by atoms with van der Waals surface area (Å²) in [6.45, 7) is 1.53. The monoisotopic (exact) mass is 682 g/mol. The summed E-state index contributed by atoms with van der Waals surface area (Å²) in [7, 11) is 5.83. The summed E-state index contributed by atoms with van der Waals surface area (Å²) >= 11 is 0. The zero-order valence-corrected chi connectivity index (χ0v) is 28.2. The van der Waals surface area contributed by atoms with E-state index < -0.39 is 23.2 Å². The molecule has 0 unspecified atom stereocenters.